The van der Waals surface area contributed by atoms with Crippen molar-refractivity contribution < 1.29 is 9.90 Å². The van der Waals surface area contributed by atoms with E-state index in [4.69, 9.17) is 23.2 Å². The summed E-state index contributed by atoms with van der Waals surface area (Å²) in [7, 11) is 1.77. The Kier molecular flexibility index (Phi) is 5.74. The van der Waals surface area contributed by atoms with Gasteiger partial charge in [-0.25, -0.2) is 4.79 Å². The second-order valence-corrected chi connectivity index (χ2v) is 6.54. The third kappa shape index (κ3) is 4.58. The number of carbonyl (C=O) groups is 1. The highest BCUT2D eigenvalue weighted by Gasteiger charge is 2.22. The van der Waals surface area contributed by atoms with Crippen LogP contribution in [0.1, 0.15) is 26.5 Å². The molecule has 0 spiro atoms. The van der Waals surface area contributed by atoms with Gasteiger partial charge in [-0.15, -0.1) is 0 Å². The lowest BCUT2D eigenvalue weighted by Crippen LogP contribution is -2.43. The fourth-order valence-corrected chi connectivity index (χ4v) is 1.90. The van der Waals surface area contributed by atoms with Crippen molar-refractivity contribution in [2.75, 3.05) is 6.54 Å². The number of urea groups is 1. The largest absolute Gasteiger partial charge is 0.391 e. The van der Waals surface area contributed by atoms with Crippen molar-refractivity contribution in [3.8, 4) is 0 Å². The highest BCUT2D eigenvalue weighted by molar-refractivity contribution is 6.41. The van der Waals surface area contributed by atoms with E-state index < -0.39 is 6.10 Å². The molecule has 0 bridgehead atoms. The van der Waals surface area contributed by atoms with Crippen molar-refractivity contribution in [3.63, 3.8) is 0 Å². The zero-order chi connectivity index (χ0) is 15.5. The number of carbonyl (C=O) groups excluding carboxylic acids is 1. The number of nitrogens with zero attached hydrogens (tertiary/aromatic N) is 1. The van der Waals surface area contributed by atoms with E-state index in [1.54, 1.807) is 17.7 Å². The SMILES string of the molecule is Cn1c(CNC(=O)NCC(O)C(C)(C)C)cc(Cl)c1Cl. The molecule has 0 saturated heterocycles. The predicted octanol–water partition coefficient (Wildman–Crippen LogP) is 2.54. The van der Waals surface area contributed by atoms with Crippen LogP contribution in [0, 0.1) is 5.41 Å². The predicted molar refractivity (Wildman–Crippen MR) is 81.1 cm³/mol. The molecule has 0 aliphatic rings. The van der Waals surface area contributed by atoms with E-state index >= 15 is 0 Å². The van der Waals surface area contributed by atoms with Gasteiger partial charge in [0.25, 0.3) is 0 Å². The van der Waals surface area contributed by atoms with Crippen LogP contribution in [-0.4, -0.2) is 28.4 Å². The Balaban J connectivity index is 2.42. The molecule has 20 heavy (non-hydrogen) atoms. The summed E-state index contributed by atoms with van der Waals surface area (Å²) < 4.78 is 1.70. The lowest BCUT2D eigenvalue weighted by atomic mass is 9.89. The first-order chi connectivity index (χ1) is 9.12. The summed E-state index contributed by atoms with van der Waals surface area (Å²) in [6.07, 6.45) is -0.604. The van der Waals surface area contributed by atoms with Gasteiger partial charge >= 0.3 is 6.03 Å². The average molecular weight is 322 g/mol. The smallest absolute Gasteiger partial charge is 0.315 e. The molecule has 0 radical (unpaired) electrons. The minimum Gasteiger partial charge on any atom is -0.391 e. The Bertz CT molecular complexity index is 481. The van der Waals surface area contributed by atoms with Gasteiger partial charge in [0.2, 0.25) is 0 Å². The van der Waals surface area contributed by atoms with Crippen molar-refractivity contribution in [1.82, 2.24) is 15.2 Å². The number of halogens is 2. The molecule has 0 aromatic carbocycles. The van der Waals surface area contributed by atoms with Crippen LogP contribution in [0.5, 0.6) is 0 Å². The maximum atomic E-state index is 11.6. The molecular weight excluding hydrogens is 301 g/mol. The number of amides is 2. The number of aliphatic hydroxyl groups is 1. The van der Waals surface area contributed by atoms with Gasteiger partial charge in [0.15, 0.2) is 0 Å². The lowest BCUT2D eigenvalue weighted by molar-refractivity contribution is 0.0650. The van der Waals surface area contributed by atoms with Gasteiger partial charge in [0, 0.05) is 19.3 Å². The standard InChI is InChI=1S/C13H21Cl2N3O2/c1-13(2,3)10(19)7-17-12(20)16-6-8-5-9(14)11(15)18(8)4/h5,10,19H,6-7H2,1-4H3,(H2,16,17,20). The fraction of sp³-hybridized carbons (Fsp3) is 0.615. The number of aliphatic hydroxyl groups excluding tert-OH is 1. The molecule has 1 atom stereocenters. The molecule has 1 aromatic rings. The van der Waals surface area contributed by atoms with Crippen LogP contribution in [0.4, 0.5) is 4.79 Å². The molecule has 1 heterocycles. The van der Waals surface area contributed by atoms with Crippen LogP contribution in [0.15, 0.2) is 6.07 Å². The zero-order valence-corrected chi connectivity index (χ0v) is 13.6. The summed E-state index contributed by atoms with van der Waals surface area (Å²) in [5, 5.41) is 16.0. The van der Waals surface area contributed by atoms with Gasteiger partial charge in [-0.2, -0.15) is 0 Å². The van der Waals surface area contributed by atoms with Gasteiger partial charge < -0.3 is 20.3 Å². The van der Waals surface area contributed by atoms with E-state index in [0.717, 1.165) is 5.69 Å². The Hall–Kier alpha value is -0.910. The lowest BCUT2D eigenvalue weighted by Gasteiger charge is -2.25. The number of rotatable bonds is 4. The van der Waals surface area contributed by atoms with Crippen LogP contribution in [0.25, 0.3) is 0 Å². The van der Waals surface area contributed by atoms with Crippen molar-refractivity contribution in [1.29, 1.82) is 0 Å². The van der Waals surface area contributed by atoms with Crippen molar-refractivity contribution in [2.45, 2.75) is 33.4 Å². The second kappa shape index (κ2) is 6.70. The van der Waals surface area contributed by atoms with E-state index in [1.165, 1.54) is 0 Å². The molecule has 1 unspecified atom stereocenters. The molecule has 5 nitrogen and oxygen atoms in total. The molecule has 1 aromatic heterocycles. The Morgan fingerprint density at radius 2 is 2.00 bits per heavy atom. The molecule has 0 saturated carbocycles. The maximum Gasteiger partial charge on any atom is 0.315 e. The highest BCUT2D eigenvalue weighted by atomic mass is 35.5. The summed E-state index contributed by atoms with van der Waals surface area (Å²) in [5.74, 6) is 0. The van der Waals surface area contributed by atoms with Gasteiger partial charge in [-0.3, -0.25) is 0 Å². The van der Waals surface area contributed by atoms with E-state index in [1.807, 2.05) is 20.8 Å². The minimum atomic E-state index is -0.604. The van der Waals surface area contributed by atoms with Crippen LogP contribution in [0.2, 0.25) is 10.2 Å². The molecular formula is C13H21Cl2N3O2. The van der Waals surface area contributed by atoms with Crippen LogP contribution < -0.4 is 10.6 Å². The van der Waals surface area contributed by atoms with Crippen molar-refractivity contribution in [2.24, 2.45) is 12.5 Å². The molecule has 3 N–H and O–H groups in total. The molecule has 0 fully saturated rings. The quantitative estimate of drug-likeness (QED) is 0.797. The fourth-order valence-electron chi connectivity index (χ4n) is 1.49. The van der Waals surface area contributed by atoms with E-state index in [0.29, 0.717) is 16.7 Å². The number of hydrogen-bond acceptors (Lipinski definition) is 2. The Morgan fingerprint density at radius 1 is 1.40 bits per heavy atom. The van der Waals surface area contributed by atoms with Gasteiger partial charge in [-0.05, 0) is 11.5 Å². The molecule has 0 aliphatic heterocycles. The molecule has 7 heteroatoms. The highest BCUT2D eigenvalue weighted by Crippen LogP contribution is 2.24. The van der Waals surface area contributed by atoms with E-state index in [-0.39, 0.29) is 18.0 Å². The van der Waals surface area contributed by atoms with Crippen molar-refractivity contribution >= 4 is 29.2 Å². The number of nitrogens with one attached hydrogen (secondary N) is 2. The monoisotopic (exact) mass is 321 g/mol. The third-order valence-electron chi connectivity index (χ3n) is 3.10. The number of hydrogen-bond donors (Lipinski definition) is 3. The average Bonchev–Trinajstić information content (AvgIpc) is 2.59. The molecule has 0 aliphatic carbocycles. The van der Waals surface area contributed by atoms with Gasteiger partial charge in [-0.1, -0.05) is 44.0 Å². The Labute approximate surface area is 129 Å². The van der Waals surface area contributed by atoms with Crippen molar-refractivity contribution in [3.05, 3.63) is 21.9 Å². The normalized spacial score (nSPS) is 13.2. The van der Waals surface area contributed by atoms with Crippen LogP contribution in [0.3, 0.4) is 0 Å². The summed E-state index contributed by atoms with van der Waals surface area (Å²) in [6, 6.07) is 1.36. The van der Waals surface area contributed by atoms with E-state index in [2.05, 4.69) is 10.6 Å². The summed E-state index contributed by atoms with van der Waals surface area (Å²) in [6.45, 7) is 6.23. The minimum absolute atomic E-state index is 0.198. The first-order valence-electron chi connectivity index (χ1n) is 6.32. The summed E-state index contributed by atoms with van der Waals surface area (Å²) >= 11 is 11.8. The number of aromatic nitrogens is 1. The van der Waals surface area contributed by atoms with E-state index in [9.17, 15) is 9.90 Å². The first kappa shape index (κ1) is 17.1. The summed E-state index contributed by atoms with van der Waals surface area (Å²) in [5.41, 5.74) is 0.526. The first-order valence-corrected chi connectivity index (χ1v) is 7.08. The zero-order valence-electron chi connectivity index (χ0n) is 12.1. The summed E-state index contributed by atoms with van der Waals surface area (Å²) in [4.78, 5) is 11.6. The van der Waals surface area contributed by atoms with Gasteiger partial charge in [0.1, 0.15) is 5.15 Å². The Morgan fingerprint density at radius 3 is 2.45 bits per heavy atom. The van der Waals surface area contributed by atoms with Crippen LogP contribution in [-0.2, 0) is 13.6 Å². The topological polar surface area (TPSA) is 66.3 Å². The maximum absolute atomic E-state index is 11.6. The third-order valence-corrected chi connectivity index (χ3v) is 3.94. The molecule has 1 rings (SSSR count). The molecule has 2 amide bonds. The van der Waals surface area contributed by atoms with Crippen LogP contribution >= 0.6 is 23.2 Å². The molecule has 114 valence electrons. The second-order valence-electron chi connectivity index (χ2n) is 5.78. The van der Waals surface area contributed by atoms with Gasteiger partial charge in [0.05, 0.1) is 17.7 Å².